The van der Waals surface area contributed by atoms with Gasteiger partial charge in [0, 0.05) is 11.1 Å². The number of unbranched alkanes of at least 4 members (excludes halogenated alkanes) is 1. The molecule has 31 heavy (non-hydrogen) atoms. The topological polar surface area (TPSA) is 35.5 Å². The van der Waals surface area contributed by atoms with Gasteiger partial charge in [-0.05, 0) is 79.4 Å². The Morgan fingerprint density at radius 2 is 1.55 bits per heavy atom. The van der Waals surface area contributed by atoms with Crippen molar-refractivity contribution in [1.82, 2.24) is 0 Å². The minimum atomic E-state index is -0.394. The normalized spacial score (nSPS) is 11.2. The van der Waals surface area contributed by atoms with Gasteiger partial charge < -0.3 is 9.47 Å². The van der Waals surface area contributed by atoms with Crippen LogP contribution in [0.3, 0.4) is 0 Å². The van der Waals surface area contributed by atoms with Crippen LogP contribution in [0.15, 0.2) is 72.8 Å². The number of hydrogen-bond acceptors (Lipinski definition) is 3. The molecule has 0 bridgehead atoms. The molecular weight excluding hydrogens is 384 g/mol. The van der Waals surface area contributed by atoms with Gasteiger partial charge in [0.05, 0.1) is 13.0 Å². The standard InChI is InChI=1S/C28H28O3/c1-4-5-7-22-10-12-23(13-11-22)14-15-24-16-18-26(19-17-24)31-28(29)21(2)25-8-6-9-27(20-25)30-3/h6,8-13,16-21H,4-5,7H2,1-3H3/t21-/m0/s1. The van der Waals surface area contributed by atoms with E-state index in [0.717, 1.165) is 28.9 Å². The molecule has 0 aliphatic rings. The van der Waals surface area contributed by atoms with Crippen LogP contribution in [0.4, 0.5) is 0 Å². The van der Waals surface area contributed by atoms with E-state index in [4.69, 9.17) is 9.47 Å². The summed E-state index contributed by atoms with van der Waals surface area (Å²) in [6.07, 6.45) is 3.52. The zero-order chi connectivity index (χ0) is 22.1. The predicted octanol–water partition coefficient (Wildman–Crippen LogP) is 6.15. The second-order valence-electron chi connectivity index (χ2n) is 7.49. The highest BCUT2D eigenvalue weighted by molar-refractivity contribution is 5.80. The quantitative estimate of drug-likeness (QED) is 0.265. The molecule has 3 nitrogen and oxygen atoms in total. The lowest BCUT2D eigenvalue weighted by Crippen LogP contribution is -2.16. The molecule has 0 saturated heterocycles. The van der Waals surface area contributed by atoms with Gasteiger partial charge in [-0.25, -0.2) is 0 Å². The number of carbonyl (C=O) groups excluding carboxylic acids is 1. The molecule has 0 amide bonds. The maximum atomic E-state index is 12.5. The largest absolute Gasteiger partial charge is 0.497 e. The van der Waals surface area contributed by atoms with Gasteiger partial charge in [0.25, 0.3) is 0 Å². The number of ether oxygens (including phenoxy) is 2. The number of carbonyl (C=O) groups is 1. The molecule has 3 rings (SSSR count). The van der Waals surface area contributed by atoms with Crippen LogP contribution in [0.25, 0.3) is 0 Å². The molecule has 3 heteroatoms. The smallest absolute Gasteiger partial charge is 0.318 e. The SMILES string of the molecule is CCCCc1ccc(C#Cc2ccc(OC(=O)[C@@H](C)c3cccc(OC)c3)cc2)cc1. The van der Waals surface area contributed by atoms with E-state index in [9.17, 15) is 4.79 Å². The third kappa shape index (κ3) is 6.49. The average molecular weight is 413 g/mol. The summed E-state index contributed by atoms with van der Waals surface area (Å²) in [5.74, 6) is 6.87. The van der Waals surface area contributed by atoms with Crippen molar-refractivity contribution in [2.24, 2.45) is 0 Å². The van der Waals surface area contributed by atoms with Crippen molar-refractivity contribution < 1.29 is 14.3 Å². The second-order valence-corrected chi connectivity index (χ2v) is 7.49. The average Bonchev–Trinajstić information content (AvgIpc) is 2.82. The molecule has 0 aliphatic heterocycles. The molecular formula is C28H28O3. The van der Waals surface area contributed by atoms with E-state index in [1.54, 1.807) is 19.2 Å². The second kappa shape index (κ2) is 11.0. The van der Waals surface area contributed by atoms with Crippen molar-refractivity contribution >= 4 is 5.97 Å². The van der Waals surface area contributed by atoms with E-state index in [1.807, 2.05) is 43.3 Å². The third-order valence-electron chi connectivity index (χ3n) is 5.14. The molecule has 0 saturated carbocycles. The lowest BCUT2D eigenvalue weighted by molar-refractivity contribution is -0.135. The number of esters is 1. The van der Waals surface area contributed by atoms with Gasteiger partial charge in [0.2, 0.25) is 0 Å². The summed E-state index contributed by atoms with van der Waals surface area (Å²) in [6.45, 7) is 4.03. The molecule has 0 radical (unpaired) electrons. The molecule has 0 aliphatic carbocycles. The van der Waals surface area contributed by atoms with Gasteiger partial charge in [-0.3, -0.25) is 4.79 Å². The molecule has 3 aromatic carbocycles. The Balaban J connectivity index is 1.60. The number of hydrogen-bond donors (Lipinski definition) is 0. The van der Waals surface area contributed by atoms with Gasteiger partial charge in [-0.2, -0.15) is 0 Å². The van der Waals surface area contributed by atoms with E-state index in [-0.39, 0.29) is 5.97 Å². The van der Waals surface area contributed by atoms with Crippen LogP contribution in [0.1, 0.15) is 54.9 Å². The summed E-state index contributed by atoms with van der Waals surface area (Å²) in [4.78, 5) is 12.5. The maximum Gasteiger partial charge on any atom is 0.318 e. The predicted molar refractivity (Wildman–Crippen MR) is 125 cm³/mol. The highest BCUT2D eigenvalue weighted by Gasteiger charge is 2.18. The summed E-state index contributed by atoms with van der Waals surface area (Å²) in [6, 6.07) is 23.1. The van der Waals surface area contributed by atoms with Gasteiger partial charge in [0.15, 0.2) is 0 Å². The highest BCUT2D eigenvalue weighted by atomic mass is 16.5. The lowest BCUT2D eigenvalue weighted by atomic mass is 10.0. The molecule has 0 heterocycles. The Hall–Kier alpha value is -3.51. The van der Waals surface area contributed by atoms with E-state index in [0.29, 0.717) is 5.75 Å². The van der Waals surface area contributed by atoms with E-state index >= 15 is 0 Å². The monoisotopic (exact) mass is 412 g/mol. The first-order valence-electron chi connectivity index (χ1n) is 10.7. The molecule has 158 valence electrons. The van der Waals surface area contributed by atoms with Crippen molar-refractivity contribution in [2.45, 2.75) is 39.0 Å². The summed E-state index contributed by atoms with van der Waals surface area (Å²) in [5.41, 5.74) is 4.06. The Labute approximate surface area is 185 Å². The van der Waals surface area contributed by atoms with E-state index < -0.39 is 5.92 Å². The minimum absolute atomic E-state index is 0.310. The molecule has 1 atom stereocenters. The summed E-state index contributed by atoms with van der Waals surface area (Å²) in [5, 5.41) is 0. The highest BCUT2D eigenvalue weighted by Crippen LogP contribution is 2.23. The number of aryl methyl sites for hydroxylation is 1. The first-order valence-corrected chi connectivity index (χ1v) is 10.7. The Kier molecular flexibility index (Phi) is 7.90. The van der Waals surface area contributed by atoms with Gasteiger partial charge in [0.1, 0.15) is 11.5 Å². The Morgan fingerprint density at radius 3 is 2.16 bits per heavy atom. The number of rotatable bonds is 7. The summed E-state index contributed by atoms with van der Waals surface area (Å²) in [7, 11) is 1.61. The zero-order valence-electron chi connectivity index (χ0n) is 18.4. The summed E-state index contributed by atoms with van der Waals surface area (Å²) < 4.78 is 10.8. The van der Waals surface area contributed by atoms with Crippen LogP contribution in [0, 0.1) is 11.8 Å². The molecule has 3 aromatic rings. The Bertz CT molecular complexity index is 1050. The van der Waals surface area contributed by atoms with E-state index in [2.05, 4.69) is 43.0 Å². The van der Waals surface area contributed by atoms with Crippen molar-refractivity contribution in [3.05, 3.63) is 95.1 Å². The first kappa shape index (κ1) is 22.2. The van der Waals surface area contributed by atoms with Crippen LogP contribution in [0.5, 0.6) is 11.5 Å². The fourth-order valence-corrected chi connectivity index (χ4v) is 3.14. The van der Waals surface area contributed by atoms with Gasteiger partial charge >= 0.3 is 5.97 Å². The molecule has 0 spiro atoms. The van der Waals surface area contributed by atoms with Crippen molar-refractivity contribution in [3.63, 3.8) is 0 Å². The summed E-state index contributed by atoms with van der Waals surface area (Å²) >= 11 is 0. The fraction of sp³-hybridized carbons (Fsp3) is 0.250. The van der Waals surface area contributed by atoms with Crippen LogP contribution in [-0.2, 0) is 11.2 Å². The van der Waals surface area contributed by atoms with Gasteiger partial charge in [-0.1, -0.05) is 49.5 Å². The zero-order valence-corrected chi connectivity index (χ0v) is 18.4. The van der Waals surface area contributed by atoms with Gasteiger partial charge in [-0.15, -0.1) is 0 Å². The van der Waals surface area contributed by atoms with Crippen molar-refractivity contribution in [3.8, 4) is 23.3 Å². The third-order valence-corrected chi connectivity index (χ3v) is 5.14. The van der Waals surface area contributed by atoms with Crippen LogP contribution in [-0.4, -0.2) is 13.1 Å². The number of methoxy groups -OCH3 is 1. The molecule has 0 aromatic heterocycles. The minimum Gasteiger partial charge on any atom is -0.497 e. The van der Waals surface area contributed by atoms with Crippen LogP contribution >= 0.6 is 0 Å². The maximum absolute atomic E-state index is 12.5. The first-order chi connectivity index (χ1) is 15.1. The molecule has 0 unspecified atom stereocenters. The number of benzene rings is 3. The molecule has 0 N–H and O–H groups in total. The van der Waals surface area contributed by atoms with E-state index in [1.165, 1.54) is 18.4 Å². The van der Waals surface area contributed by atoms with Crippen molar-refractivity contribution in [2.75, 3.05) is 7.11 Å². The fourth-order valence-electron chi connectivity index (χ4n) is 3.14. The van der Waals surface area contributed by atoms with Crippen LogP contribution < -0.4 is 9.47 Å². The van der Waals surface area contributed by atoms with Crippen LogP contribution in [0.2, 0.25) is 0 Å². The Morgan fingerprint density at radius 1 is 0.903 bits per heavy atom. The molecule has 0 fully saturated rings. The van der Waals surface area contributed by atoms with Crippen molar-refractivity contribution in [1.29, 1.82) is 0 Å². The lowest BCUT2D eigenvalue weighted by Gasteiger charge is -2.12.